The summed E-state index contributed by atoms with van der Waals surface area (Å²) in [7, 11) is 1.68. The van der Waals surface area contributed by atoms with Crippen molar-refractivity contribution in [1.82, 2.24) is 9.97 Å². The van der Waals surface area contributed by atoms with Gasteiger partial charge in [-0.25, -0.2) is 9.97 Å². The van der Waals surface area contributed by atoms with Gasteiger partial charge in [0, 0.05) is 24.8 Å². The number of anilines is 3. The van der Waals surface area contributed by atoms with Crippen LogP contribution in [0.25, 0.3) is 0 Å². The molecule has 0 amide bonds. The Morgan fingerprint density at radius 2 is 1.92 bits per heavy atom. The molecule has 1 aromatic heterocycles. The zero-order valence-electron chi connectivity index (χ0n) is 14.9. The van der Waals surface area contributed by atoms with Crippen LogP contribution in [0, 0.1) is 0 Å². The van der Waals surface area contributed by atoms with E-state index in [2.05, 4.69) is 56.6 Å². The number of fused-ring (bicyclic) bond motifs is 1. The molecule has 0 unspecified atom stereocenters. The fourth-order valence-electron chi connectivity index (χ4n) is 3.30. The van der Waals surface area contributed by atoms with Crippen LogP contribution in [0.1, 0.15) is 17.5 Å². The standard InChI is InChI=1S/C21H22N4O/c1-26-18-10-8-16(9-11-18)14-22-20-13-21(24-15-23-20)25-12-4-6-17-5-2-3-7-19(17)25/h2-3,5,7-11,13,15H,4,6,12,14H2,1H3,(H,22,23,24). The highest BCUT2D eigenvalue weighted by Gasteiger charge is 2.19. The van der Waals surface area contributed by atoms with Crippen molar-refractivity contribution in [3.8, 4) is 5.75 Å². The van der Waals surface area contributed by atoms with Gasteiger partial charge in [0.15, 0.2) is 0 Å². The second-order valence-electron chi connectivity index (χ2n) is 6.35. The van der Waals surface area contributed by atoms with Gasteiger partial charge < -0.3 is 15.0 Å². The van der Waals surface area contributed by atoms with E-state index in [4.69, 9.17) is 4.74 Å². The predicted molar refractivity (Wildman–Crippen MR) is 104 cm³/mol. The molecule has 0 spiro atoms. The molecule has 1 aliphatic rings. The monoisotopic (exact) mass is 346 g/mol. The fraction of sp³-hybridized carbons (Fsp3) is 0.238. The van der Waals surface area contributed by atoms with Crippen molar-refractivity contribution in [2.75, 3.05) is 23.9 Å². The van der Waals surface area contributed by atoms with E-state index in [1.807, 2.05) is 18.2 Å². The van der Waals surface area contributed by atoms with Crippen molar-refractivity contribution >= 4 is 17.3 Å². The molecule has 0 fully saturated rings. The third kappa shape index (κ3) is 3.47. The number of aromatic nitrogens is 2. The predicted octanol–water partition coefficient (Wildman–Crippen LogP) is 4.18. The third-order valence-corrected chi connectivity index (χ3v) is 4.67. The van der Waals surface area contributed by atoms with Crippen molar-refractivity contribution in [2.45, 2.75) is 19.4 Å². The average molecular weight is 346 g/mol. The van der Waals surface area contributed by atoms with E-state index in [-0.39, 0.29) is 0 Å². The minimum atomic E-state index is 0.705. The molecule has 0 bridgehead atoms. The molecule has 0 saturated heterocycles. The van der Waals surface area contributed by atoms with Gasteiger partial charge in [-0.1, -0.05) is 30.3 Å². The van der Waals surface area contributed by atoms with Crippen LogP contribution in [0.5, 0.6) is 5.75 Å². The second kappa shape index (κ2) is 7.44. The summed E-state index contributed by atoms with van der Waals surface area (Å²) in [6, 6.07) is 18.6. The van der Waals surface area contributed by atoms with Crippen LogP contribution in [0.15, 0.2) is 60.9 Å². The van der Waals surface area contributed by atoms with Gasteiger partial charge in [0.05, 0.1) is 7.11 Å². The van der Waals surface area contributed by atoms with E-state index in [0.717, 1.165) is 36.8 Å². The van der Waals surface area contributed by atoms with Gasteiger partial charge in [-0.3, -0.25) is 0 Å². The molecule has 4 rings (SSSR count). The molecular formula is C21H22N4O. The normalized spacial score (nSPS) is 13.2. The molecular weight excluding hydrogens is 324 g/mol. The van der Waals surface area contributed by atoms with E-state index < -0.39 is 0 Å². The van der Waals surface area contributed by atoms with Crippen LogP contribution in [0.3, 0.4) is 0 Å². The number of rotatable bonds is 5. The van der Waals surface area contributed by atoms with Crippen molar-refractivity contribution in [2.24, 2.45) is 0 Å². The SMILES string of the molecule is COc1ccc(CNc2cc(N3CCCc4ccccc43)ncn2)cc1. The molecule has 132 valence electrons. The highest BCUT2D eigenvalue weighted by Crippen LogP contribution is 2.32. The number of methoxy groups -OCH3 is 1. The molecule has 2 aromatic carbocycles. The summed E-state index contributed by atoms with van der Waals surface area (Å²) in [6.45, 7) is 1.68. The molecule has 5 heteroatoms. The quantitative estimate of drug-likeness (QED) is 0.751. The summed E-state index contributed by atoms with van der Waals surface area (Å²) in [5.74, 6) is 2.63. The number of hydrogen-bond acceptors (Lipinski definition) is 5. The summed E-state index contributed by atoms with van der Waals surface area (Å²) < 4.78 is 5.20. The molecule has 5 nitrogen and oxygen atoms in total. The molecule has 0 saturated carbocycles. The maximum Gasteiger partial charge on any atom is 0.138 e. The Morgan fingerprint density at radius 3 is 2.77 bits per heavy atom. The number of nitrogens with zero attached hydrogens (tertiary/aromatic N) is 3. The van der Waals surface area contributed by atoms with Gasteiger partial charge in [-0.05, 0) is 42.2 Å². The van der Waals surface area contributed by atoms with E-state index in [1.165, 1.54) is 16.8 Å². The lowest BCUT2D eigenvalue weighted by Crippen LogP contribution is -2.25. The van der Waals surface area contributed by atoms with Crippen LogP contribution >= 0.6 is 0 Å². The molecule has 26 heavy (non-hydrogen) atoms. The van der Waals surface area contributed by atoms with E-state index in [0.29, 0.717) is 6.54 Å². The Morgan fingerprint density at radius 1 is 1.08 bits per heavy atom. The number of para-hydroxylation sites is 1. The summed E-state index contributed by atoms with van der Waals surface area (Å²) in [5, 5.41) is 3.38. The molecule has 0 aliphatic carbocycles. The minimum absolute atomic E-state index is 0.705. The largest absolute Gasteiger partial charge is 0.497 e. The van der Waals surface area contributed by atoms with Crippen LogP contribution in [0.2, 0.25) is 0 Å². The molecule has 2 heterocycles. The zero-order chi connectivity index (χ0) is 17.8. The van der Waals surface area contributed by atoms with Crippen LogP contribution in [-0.4, -0.2) is 23.6 Å². The summed E-state index contributed by atoms with van der Waals surface area (Å²) in [4.78, 5) is 11.1. The van der Waals surface area contributed by atoms with E-state index in [9.17, 15) is 0 Å². The van der Waals surface area contributed by atoms with Crippen molar-refractivity contribution in [3.63, 3.8) is 0 Å². The number of nitrogens with one attached hydrogen (secondary N) is 1. The lowest BCUT2D eigenvalue weighted by atomic mass is 10.0. The number of ether oxygens (including phenoxy) is 1. The fourth-order valence-corrected chi connectivity index (χ4v) is 3.30. The first kappa shape index (κ1) is 16.4. The number of aryl methyl sites for hydroxylation is 1. The molecule has 0 atom stereocenters. The maximum absolute atomic E-state index is 5.20. The van der Waals surface area contributed by atoms with Gasteiger partial charge in [0.25, 0.3) is 0 Å². The van der Waals surface area contributed by atoms with Gasteiger partial charge in [-0.2, -0.15) is 0 Å². The first-order chi connectivity index (χ1) is 12.8. The molecule has 1 aliphatic heterocycles. The molecule has 0 radical (unpaired) electrons. The smallest absolute Gasteiger partial charge is 0.138 e. The Labute approximate surface area is 153 Å². The Bertz CT molecular complexity index is 879. The second-order valence-corrected chi connectivity index (χ2v) is 6.35. The van der Waals surface area contributed by atoms with Gasteiger partial charge in [-0.15, -0.1) is 0 Å². The van der Waals surface area contributed by atoms with E-state index in [1.54, 1.807) is 13.4 Å². The van der Waals surface area contributed by atoms with Crippen LogP contribution in [0.4, 0.5) is 17.3 Å². The Kier molecular flexibility index (Phi) is 4.69. The first-order valence-electron chi connectivity index (χ1n) is 8.88. The van der Waals surface area contributed by atoms with Crippen molar-refractivity contribution in [3.05, 3.63) is 72.1 Å². The Hall–Kier alpha value is -3.08. The molecule has 3 aromatic rings. The lowest BCUT2D eigenvalue weighted by molar-refractivity contribution is 0.414. The summed E-state index contributed by atoms with van der Waals surface area (Å²) in [5.41, 5.74) is 3.80. The minimum Gasteiger partial charge on any atom is -0.497 e. The van der Waals surface area contributed by atoms with Gasteiger partial charge in [0.1, 0.15) is 23.7 Å². The van der Waals surface area contributed by atoms with Crippen LogP contribution < -0.4 is 15.0 Å². The zero-order valence-corrected chi connectivity index (χ0v) is 14.9. The topological polar surface area (TPSA) is 50.3 Å². The summed E-state index contributed by atoms with van der Waals surface area (Å²) >= 11 is 0. The van der Waals surface area contributed by atoms with Crippen molar-refractivity contribution in [1.29, 1.82) is 0 Å². The first-order valence-corrected chi connectivity index (χ1v) is 8.88. The Balaban J connectivity index is 1.50. The van der Waals surface area contributed by atoms with Gasteiger partial charge in [0.2, 0.25) is 0 Å². The van der Waals surface area contributed by atoms with E-state index >= 15 is 0 Å². The maximum atomic E-state index is 5.20. The molecule has 1 N–H and O–H groups in total. The van der Waals surface area contributed by atoms with Gasteiger partial charge >= 0.3 is 0 Å². The van der Waals surface area contributed by atoms with Crippen LogP contribution in [-0.2, 0) is 13.0 Å². The lowest BCUT2D eigenvalue weighted by Gasteiger charge is -2.30. The number of hydrogen-bond donors (Lipinski definition) is 1. The summed E-state index contributed by atoms with van der Waals surface area (Å²) in [6.07, 6.45) is 3.89. The third-order valence-electron chi connectivity index (χ3n) is 4.67. The van der Waals surface area contributed by atoms with Crippen molar-refractivity contribution < 1.29 is 4.74 Å². The average Bonchev–Trinajstić information content (AvgIpc) is 2.72. The number of benzene rings is 2. The highest BCUT2D eigenvalue weighted by atomic mass is 16.5. The highest BCUT2D eigenvalue weighted by molar-refractivity contribution is 5.66.